The van der Waals surface area contributed by atoms with Crippen LogP contribution >= 0.6 is 11.6 Å². The van der Waals surface area contributed by atoms with E-state index >= 15 is 0 Å². The zero-order valence-corrected chi connectivity index (χ0v) is 15.0. The molecule has 0 radical (unpaired) electrons. The normalized spacial score (nSPS) is 12.5. The van der Waals surface area contributed by atoms with Crippen LogP contribution in [0.1, 0.15) is 26.3 Å². The molecule has 0 nitrogen and oxygen atoms in total. The van der Waals surface area contributed by atoms with E-state index < -0.39 is 6.68 Å². The first kappa shape index (κ1) is 19.9. The molecule has 2 aromatic carbocycles. The molecule has 0 fully saturated rings. The smallest absolute Gasteiger partial charge is 0.174 e. The molecule has 0 saturated carbocycles. The highest BCUT2D eigenvalue weighted by Crippen LogP contribution is 2.28. The quantitative estimate of drug-likeness (QED) is 0.438. The van der Waals surface area contributed by atoms with Crippen molar-refractivity contribution >= 4 is 22.5 Å². The Labute approximate surface area is 144 Å². The molecule has 0 bridgehead atoms. The van der Waals surface area contributed by atoms with Crippen LogP contribution in [0.4, 0.5) is 13.2 Å². The van der Waals surface area contributed by atoms with Gasteiger partial charge in [0, 0.05) is 0 Å². The van der Waals surface area contributed by atoms with Crippen LogP contribution in [0.15, 0.2) is 64.4 Å². The first-order valence-electron chi connectivity index (χ1n) is 7.10. The summed E-state index contributed by atoms with van der Waals surface area (Å²) < 4.78 is 29.0. The molecule has 0 aliphatic rings. The first-order chi connectivity index (χ1) is 10.8. The Balaban J connectivity index is 0.000000593. The highest BCUT2D eigenvalue weighted by Gasteiger charge is 2.24. The van der Waals surface area contributed by atoms with Crippen LogP contribution in [-0.2, 0) is 16.3 Å². The molecule has 0 aromatic heterocycles. The zero-order chi connectivity index (χ0) is 17.5. The van der Waals surface area contributed by atoms with E-state index in [0.717, 1.165) is 0 Å². The molecule has 0 heterocycles. The van der Waals surface area contributed by atoms with Gasteiger partial charge in [-0.3, -0.25) is 0 Å². The van der Waals surface area contributed by atoms with Crippen LogP contribution in [0, 0.1) is 0 Å². The minimum atomic E-state index is -3.67. The molecule has 0 aliphatic heterocycles. The van der Waals surface area contributed by atoms with E-state index in [1.165, 1.54) is 15.4 Å². The van der Waals surface area contributed by atoms with Crippen molar-refractivity contribution in [1.82, 2.24) is 0 Å². The lowest BCUT2D eigenvalue weighted by molar-refractivity contribution is 0.00819. The summed E-state index contributed by atoms with van der Waals surface area (Å²) >= 11 is 6.18. The van der Waals surface area contributed by atoms with E-state index in [0.29, 0.717) is 5.21 Å². The van der Waals surface area contributed by atoms with Gasteiger partial charge in [0.05, 0.1) is 10.9 Å². The van der Waals surface area contributed by atoms with Crippen molar-refractivity contribution in [2.75, 3.05) is 5.21 Å². The van der Waals surface area contributed by atoms with E-state index in [4.69, 9.17) is 11.6 Å². The minimum absolute atomic E-state index is 0.0278. The number of halogens is 4. The van der Waals surface area contributed by atoms with Crippen LogP contribution in [0.25, 0.3) is 0 Å². The molecule has 2 aromatic rings. The van der Waals surface area contributed by atoms with Gasteiger partial charge in [0.1, 0.15) is 0 Å². The van der Waals surface area contributed by atoms with Crippen molar-refractivity contribution in [1.29, 1.82) is 0 Å². The molecule has 0 N–H and O–H groups in total. The summed E-state index contributed by atoms with van der Waals surface area (Å²) in [5.74, 6) is 0. The average Bonchev–Trinajstić information content (AvgIpc) is 2.48. The Morgan fingerprint density at radius 2 is 1.30 bits per heavy atom. The lowest BCUT2D eigenvalue weighted by Crippen LogP contribution is -2.11. The highest BCUT2D eigenvalue weighted by molar-refractivity contribution is 7.98. The SMILES string of the molecule is CC(C)(C)c1ccc([S+](CCl)c2ccccc2)cc1.FC(F)F. The molecule has 0 saturated heterocycles. The Kier molecular flexibility index (Phi) is 8.00. The van der Waals surface area contributed by atoms with Gasteiger partial charge in [0.25, 0.3) is 0 Å². The minimum Gasteiger partial charge on any atom is -0.174 e. The molecule has 1 atom stereocenters. The summed E-state index contributed by atoms with van der Waals surface area (Å²) in [5, 5.41) is 0.638. The summed E-state index contributed by atoms with van der Waals surface area (Å²) in [6, 6.07) is 19.4. The van der Waals surface area contributed by atoms with E-state index in [1.54, 1.807) is 0 Å². The molecule has 0 aliphatic carbocycles. The molecule has 2 rings (SSSR count). The fourth-order valence-corrected chi connectivity index (χ4v) is 4.20. The number of hydrogen-bond acceptors (Lipinski definition) is 0. The molecule has 0 amide bonds. The topological polar surface area (TPSA) is 0 Å². The van der Waals surface area contributed by atoms with Crippen LogP contribution < -0.4 is 0 Å². The van der Waals surface area contributed by atoms with Crippen LogP contribution in [-0.4, -0.2) is 11.9 Å². The van der Waals surface area contributed by atoms with Crippen molar-refractivity contribution in [3.8, 4) is 0 Å². The van der Waals surface area contributed by atoms with Crippen LogP contribution in [0.2, 0.25) is 0 Å². The number of benzene rings is 2. The van der Waals surface area contributed by atoms with E-state index in [2.05, 4.69) is 69.3 Å². The lowest BCUT2D eigenvalue weighted by atomic mass is 9.87. The lowest BCUT2D eigenvalue weighted by Gasteiger charge is -2.18. The maximum Gasteiger partial charge on any atom is 0.379 e. The van der Waals surface area contributed by atoms with Crippen molar-refractivity contribution in [2.24, 2.45) is 0 Å². The van der Waals surface area contributed by atoms with Gasteiger partial charge in [0.15, 0.2) is 15.0 Å². The van der Waals surface area contributed by atoms with Gasteiger partial charge >= 0.3 is 6.68 Å². The van der Waals surface area contributed by atoms with Gasteiger partial charge < -0.3 is 0 Å². The monoisotopic (exact) mass is 361 g/mol. The summed E-state index contributed by atoms with van der Waals surface area (Å²) in [6.07, 6.45) is 0. The third-order valence-electron chi connectivity index (χ3n) is 3.14. The summed E-state index contributed by atoms with van der Waals surface area (Å²) in [6.45, 7) is 3.04. The largest absolute Gasteiger partial charge is 0.379 e. The molecule has 5 heteroatoms. The highest BCUT2D eigenvalue weighted by atomic mass is 35.5. The number of rotatable bonds is 3. The van der Waals surface area contributed by atoms with Crippen molar-refractivity contribution in [2.45, 2.75) is 42.7 Å². The second-order valence-electron chi connectivity index (χ2n) is 5.83. The molecular weight excluding hydrogens is 341 g/mol. The molecule has 126 valence electrons. The average molecular weight is 362 g/mol. The van der Waals surface area contributed by atoms with E-state index in [1.807, 2.05) is 6.07 Å². The van der Waals surface area contributed by atoms with E-state index in [9.17, 15) is 13.2 Å². The second kappa shape index (κ2) is 9.24. The third-order valence-corrected chi connectivity index (χ3v) is 5.70. The maximum absolute atomic E-state index is 9.67. The number of alkyl halides is 4. The predicted octanol–water partition coefficient (Wildman–Crippen LogP) is 6.40. The van der Waals surface area contributed by atoms with Gasteiger partial charge in [0.2, 0.25) is 0 Å². The molecule has 1 unspecified atom stereocenters. The van der Waals surface area contributed by atoms with Crippen LogP contribution in [0.5, 0.6) is 0 Å². The summed E-state index contributed by atoms with van der Waals surface area (Å²) in [7, 11) is -0.0278. The van der Waals surface area contributed by atoms with Crippen molar-refractivity contribution in [3.05, 3.63) is 60.2 Å². The second-order valence-corrected chi connectivity index (χ2v) is 8.43. The van der Waals surface area contributed by atoms with Gasteiger partial charge in [-0.2, -0.15) is 13.2 Å². The van der Waals surface area contributed by atoms with Gasteiger partial charge in [-0.05, 0) is 35.2 Å². The maximum atomic E-state index is 9.67. The van der Waals surface area contributed by atoms with Gasteiger partial charge in [-0.1, -0.05) is 62.7 Å². The fraction of sp³-hybridized carbons (Fsp3) is 0.333. The molecular formula is C18H21ClF3S+. The van der Waals surface area contributed by atoms with Crippen molar-refractivity contribution in [3.63, 3.8) is 0 Å². The standard InChI is InChI=1S/C17H20ClS.CHF3/c1-17(2,3)14-9-11-16(12-10-14)19(13-18)15-7-5-4-6-8-15;2-1(3)4/h4-12H,13H2,1-3H3;1H/q+1;. The Morgan fingerprint density at radius 1 is 0.870 bits per heavy atom. The van der Waals surface area contributed by atoms with Gasteiger partial charge in [-0.25, -0.2) is 0 Å². The van der Waals surface area contributed by atoms with Gasteiger partial charge in [-0.15, -0.1) is 0 Å². The Hall–Kier alpha value is -1.13. The molecule has 23 heavy (non-hydrogen) atoms. The Morgan fingerprint density at radius 3 is 1.70 bits per heavy atom. The Bertz CT molecular complexity index is 562. The molecule has 0 spiro atoms. The first-order valence-corrected chi connectivity index (χ1v) is 9.03. The zero-order valence-electron chi connectivity index (χ0n) is 13.4. The third kappa shape index (κ3) is 6.88. The van der Waals surface area contributed by atoms with Crippen LogP contribution in [0.3, 0.4) is 0 Å². The predicted molar refractivity (Wildman–Crippen MR) is 93.3 cm³/mol. The van der Waals surface area contributed by atoms with E-state index in [-0.39, 0.29) is 16.3 Å². The number of hydrogen-bond donors (Lipinski definition) is 0. The summed E-state index contributed by atoms with van der Waals surface area (Å²) in [4.78, 5) is 2.62. The van der Waals surface area contributed by atoms with Crippen molar-refractivity contribution < 1.29 is 13.2 Å². The fourth-order valence-electron chi connectivity index (χ4n) is 1.97. The summed E-state index contributed by atoms with van der Waals surface area (Å²) in [5.41, 5.74) is 1.56.